The van der Waals surface area contributed by atoms with Crippen molar-refractivity contribution in [2.24, 2.45) is 0 Å². The van der Waals surface area contributed by atoms with Crippen molar-refractivity contribution in [2.45, 2.75) is 13.5 Å². The molecule has 0 spiro atoms. The summed E-state index contributed by atoms with van der Waals surface area (Å²) in [6.45, 7) is 2.67. The first-order valence-corrected chi connectivity index (χ1v) is 6.06. The van der Waals surface area contributed by atoms with Gasteiger partial charge in [0.05, 0.1) is 6.61 Å². The van der Waals surface area contributed by atoms with E-state index in [0.29, 0.717) is 24.5 Å². The number of ether oxygens (including phenoxy) is 1. The lowest BCUT2D eigenvalue weighted by Gasteiger charge is -2.09. The van der Waals surface area contributed by atoms with Crippen LogP contribution in [0.2, 0.25) is 0 Å². The minimum absolute atomic E-state index is 0.343. The first kappa shape index (κ1) is 13.0. The second-order valence-corrected chi connectivity index (χ2v) is 3.83. The van der Waals surface area contributed by atoms with E-state index < -0.39 is 0 Å². The molecule has 0 bridgehead atoms. The van der Waals surface area contributed by atoms with Crippen LogP contribution in [0.1, 0.15) is 22.8 Å². The summed E-state index contributed by atoms with van der Waals surface area (Å²) < 4.78 is 4.99. The van der Waals surface area contributed by atoms with Gasteiger partial charge in [-0.2, -0.15) is 0 Å². The Morgan fingerprint density at radius 3 is 2.89 bits per heavy atom. The maximum absolute atomic E-state index is 11.8. The molecule has 19 heavy (non-hydrogen) atoms. The number of carbonyl (C=O) groups is 1. The minimum Gasteiger partial charge on any atom is -0.462 e. The van der Waals surface area contributed by atoms with Gasteiger partial charge in [-0.3, -0.25) is 4.98 Å². The summed E-state index contributed by atoms with van der Waals surface area (Å²) in [5, 5.41) is 3.12. The Kier molecular flexibility index (Phi) is 4.44. The van der Waals surface area contributed by atoms with Crippen LogP contribution in [0, 0.1) is 0 Å². The molecular weight excluding hydrogens is 242 g/mol. The van der Waals surface area contributed by atoms with Crippen LogP contribution in [0.3, 0.4) is 0 Å². The normalized spacial score (nSPS) is 9.95. The van der Waals surface area contributed by atoms with Crippen LogP contribution in [0.5, 0.6) is 0 Å². The van der Waals surface area contributed by atoms with Gasteiger partial charge in [0.2, 0.25) is 0 Å². The van der Waals surface area contributed by atoms with Gasteiger partial charge in [-0.15, -0.1) is 0 Å². The number of hydrogen-bond donors (Lipinski definition) is 1. The average molecular weight is 257 g/mol. The highest BCUT2D eigenvalue weighted by Crippen LogP contribution is 2.14. The Morgan fingerprint density at radius 1 is 1.32 bits per heavy atom. The van der Waals surface area contributed by atoms with Crippen LogP contribution in [0.15, 0.2) is 42.9 Å². The summed E-state index contributed by atoms with van der Waals surface area (Å²) in [5.41, 5.74) is 1.45. The molecule has 0 saturated carbocycles. The molecule has 0 radical (unpaired) electrons. The predicted molar refractivity (Wildman–Crippen MR) is 71.8 cm³/mol. The van der Waals surface area contributed by atoms with Gasteiger partial charge >= 0.3 is 5.97 Å². The fraction of sp³-hybridized carbons (Fsp3) is 0.214. The van der Waals surface area contributed by atoms with Gasteiger partial charge in [0, 0.05) is 25.1 Å². The molecule has 1 N–H and O–H groups in total. The van der Waals surface area contributed by atoms with Gasteiger partial charge in [0.25, 0.3) is 0 Å². The van der Waals surface area contributed by atoms with Crippen molar-refractivity contribution in [2.75, 3.05) is 11.9 Å². The molecule has 5 heteroatoms. The van der Waals surface area contributed by atoms with Crippen molar-refractivity contribution in [1.82, 2.24) is 9.97 Å². The Morgan fingerprint density at radius 2 is 2.16 bits per heavy atom. The molecule has 2 aromatic heterocycles. The summed E-state index contributed by atoms with van der Waals surface area (Å²) >= 11 is 0. The van der Waals surface area contributed by atoms with Crippen LogP contribution < -0.4 is 5.32 Å². The number of aromatic nitrogens is 2. The van der Waals surface area contributed by atoms with Gasteiger partial charge in [-0.05, 0) is 30.7 Å². The highest BCUT2D eigenvalue weighted by molar-refractivity contribution is 5.94. The fourth-order valence-electron chi connectivity index (χ4n) is 1.61. The number of hydrogen-bond acceptors (Lipinski definition) is 5. The molecule has 0 aromatic carbocycles. The third-order valence-electron chi connectivity index (χ3n) is 2.49. The standard InChI is InChI=1S/C14H15N3O2/c1-2-19-14(18)12-6-4-8-16-13(12)17-10-11-5-3-7-15-9-11/h3-9H,2,10H2,1H3,(H,16,17). The number of pyridine rings is 2. The van der Waals surface area contributed by atoms with Crippen LogP contribution in [-0.4, -0.2) is 22.5 Å². The summed E-state index contributed by atoms with van der Waals surface area (Å²) in [4.78, 5) is 20.0. The van der Waals surface area contributed by atoms with Gasteiger partial charge < -0.3 is 10.1 Å². The Balaban J connectivity index is 2.10. The van der Waals surface area contributed by atoms with Gasteiger partial charge in [0.15, 0.2) is 0 Å². The van der Waals surface area contributed by atoms with E-state index in [9.17, 15) is 4.79 Å². The number of carbonyl (C=O) groups excluding carboxylic acids is 1. The van der Waals surface area contributed by atoms with Crippen molar-refractivity contribution in [3.8, 4) is 0 Å². The van der Waals surface area contributed by atoms with E-state index >= 15 is 0 Å². The zero-order chi connectivity index (χ0) is 13.5. The van der Waals surface area contributed by atoms with E-state index in [1.165, 1.54) is 0 Å². The number of nitrogens with zero attached hydrogens (tertiary/aromatic N) is 2. The van der Waals surface area contributed by atoms with E-state index in [0.717, 1.165) is 5.56 Å². The van der Waals surface area contributed by atoms with E-state index in [2.05, 4.69) is 15.3 Å². The largest absolute Gasteiger partial charge is 0.462 e. The van der Waals surface area contributed by atoms with Crippen molar-refractivity contribution < 1.29 is 9.53 Å². The molecule has 2 heterocycles. The molecule has 0 aliphatic carbocycles. The molecule has 2 aromatic rings. The monoisotopic (exact) mass is 257 g/mol. The Labute approximate surface area is 111 Å². The van der Waals surface area contributed by atoms with Crippen molar-refractivity contribution >= 4 is 11.8 Å². The highest BCUT2D eigenvalue weighted by Gasteiger charge is 2.12. The van der Waals surface area contributed by atoms with Crippen molar-refractivity contribution in [3.63, 3.8) is 0 Å². The van der Waals surface area contributed by atoms with Crippen molar-refractivity contribution in [1.29, 1.82) is 0 Å². The lowest BCUT2D eigenvalue weighted by Crippen LogP contribution is -2.11. The van der Waals surface area contributed by atoms with Crippen LogP contribution in [0.4, 0.5) is 5.82 Å². The first-order chi connectivity index (χ1) is 9.31. The van der Waals surface area contributed by atoms with E-state index in [4.69, 9.17) is 4.74 Å². The Bertz CT molecular complexity index is 543. The molecule has 98 valence electrons. The molecule has 5 nitrogen and oxygen atoms in total. The number of rotatable bonds is 5. The smallest absolute Gasteiger partial charge is 0.341 e. The average Bonchev–Trinajstić information content (AvgIpc) is 2.47. The molecular formula is C14H15N3O2. The highest BCUT2D eigenvalue weighted by atomic mass is 16.5. The number of esters is 1. The SMILES string of the molecule is CCOC(=O)c1cccnc1NCc1cccnc1. The zero-order valence-electron chi connectivity index (χ0n) is 10.7. The summed E-state index contributed by atoms with van der Waals surface area (Å²) in [6, 6.07) is 7.22. The van der Waals surface area contributed by atoms with E-state index in [1.807, 2.05) is 12.1 Å². The van der Waals surface area contributed by atoms with Gasteiger partial charge in [0.1, 0.15) is 11.4 Å². The second-order valence-electron chi connectivity index (χ2n) is 3.83. The second kappa shape index (κ2) is 6.49. The molecule has 0 unspecified atom stereocenters. The maximum atomic E-state index is 11.8. The third kappa shape index (κ3) is 3.51. The Hall–Kier alpha value is -2.43. The summed E-state index contributed by atoms with van der Waals surface area (Å²) in [6.07, 6.45) is 5.11. The maximum Gasteiger partial charge on any atom is 0.341 e. The topological polar surface area (TPSA) is 64.1 Å². The predicted octanol–water partition coefficient (Wildman–Crippen LogP) is 2.27. The summed E-state index contributed by atoms with van der Waals surface area (Å²) in [7, 11) is 0. The quantitative estimate of drug-likeness (QED) is 0.832. The van der Waals surface area contributed by atoms with Gasteiger partial charge in [-0.1, -0.05) is 6.07 Å². The minimum atomic E-state index is -0.371. The number of anilines is 1. The van der Waals surface area contributed by atoms with E-state index in [1.54, 1.807) is 37.6 Å². The molecule has 0 saturated heterocycles. The van der Waals surface area contributed by atoms with Crippen molar-refractivity contribution in [3.05, 3.63) is 54.0 Å². The molecule has 0 aliphatic rings. The van der Waals surface area contributed by atoms with E-state index in [-0.39, 0.29) is 5.97 Å². The molecule has 0 fully saturated rings. The van der Waals surface area contributed by atoms with Crippen LogP contribution in [0.25, 0.3) is 0 Å². The zero-order valence-corrected chi connectivity index (χ0v) is 10.7. The third-order valence-corrected chi connectivity index (χ3v) is 2.49. The molecule has 2 rings (SSSR count). The summed E-state index contributed by atoms with van der Waals surface area (Å²) in [5.74, 6) is 0.147. The van der Waals surface area contributed by atoms with Crippen LogP contribution >= 0.6 is 0 Å². The first-order valence-electron chi connectivity index (χ1n) is 6.06. The van der Waals surface area contributed by atoms with Gasteiger partial charge in [-0.25, -0.2) is 9.78 Å². The molecule has 0 aliphatic heterocycles. The molecule has 0 amide bonds. The lowest BCUT2D eigenvalue weighted by atomic mass is 10.2. The molecule has 0 atom stereocenters. The fourth-order valence-corrected chi connectivity index (χ4v) is 1.61. The lowest BCUT2D eigenvalue weighted by molar-refractivity contribution is 0.0527. The number of nitrogens with one attached hydrogen (secondary N) is 1. The van der Waals surface area contributed by atoms with Crippen LogP contribution in [-0.2, 0) is 11.3 Å².